The lowest BCUT2D eigenvalue weighted by Gasteiger charge is -2.19. The van der Waals surface area contributed by atoms with Crippen molar-refractivity contribution in [1.82, 2.24) is 14.7 Å². The monoisotopic (exact) mass is 485 g/mol. The second-order valence-electron chi connectivity index (χ2n) is 7.00. The highest BCUT2D eigenvalue weighted by Gasteiger charge is 2.38. The molecule has 33 heavy (non-hydrogen) atoms. The van der Waals surface area contributed by atoms with E-state index >= 15 is 0 Å². The third-order valence-corrected chi connectivity index (χ3v) is 5.61. The second-order valence-corrected chi connectivity index (χ2v) is 7.94. The summed E-state index contributed by atoms with van der Waals surface area (Å²) in [6.45, 7) is 1.64. The van der Waals surface area contributed by atoms with Gasteiger partial charge in [-0.05, 0) is 37.3 Å². The number of aryl methyl sites for hydroxylation is 1. The van der Waals surface area contributed by atoms with Crippen molar-refractivity contribution in [2.45, 2.75) is 30.2 Å². The minimum atomic E-state index is -5.02. The van der Waals surface area contributed by atoms with Crippen molar-refractivity contribution in [2.75, 3.05) is 0 Å². The lowest BCUT2D eigenvalue weighted by atomic mass is 10.1. The maximum Gasteiger partial charge on any atom is 0.418 e. The van der Waals surface area contributed by atoms with E-state index in [1.807, 2.05) is 0 Å². The standard InChI is InChI=1S/C21H13F6N3O2S/c1-11-8-13(29-32-11)10-33-19-28-16-5-3-2-4-14(16)18(31)30(19)17-9-12(20(22,23)24)6-7-15(17)21(25,26)27/h2-9H,10H2,1H3. The number of fused-ring (bicyclic) bond motifs is 1. The molecule has 2 heterocycles. The molecule has 0 spiro atoms. The predicted molar refractivity (Wildman–Crippen MR) is 108 cm³/mol. The summed E-state index contributed by atoms with van der Waals surface area (Å²) in [6, 6.07) is 8.44. The Morgan fingerprint density at radius 2 is 1.73 bits per heavy atom. The van der Waals surface area contributed by atoms with Gasteiger partial charge >= 0.3 is 12.4 Å². The van der Waals surface area contributed by atoms with Crippen LogP contribution in [0.3, 0.4) is 0 Å². The Bertz CT molecular complexity index is 1390. The first kappa shape index (κ1) is 22.9. The smallest absolute Gasteiger partial charge is 0.361 e. The lowest BCUT2D eigenvalue weighted by Crippen LogP contribution is -2.25. The van der Waals surface area contributed by atoms with Gasteiger partial charge < -0.3 is 4.52 Å². The molecule has 2 aromatic carbocycles. The van der Waals surface area contributed by atoms with Crippen LogP contribution in [0.1, 0.15) is 22.6 Å². The van der Waals surface area contributed by atoms with Crippen LogP contribution in [-0.2, 0) is 18.1 Å². The van der Waals surface area contributed by atoms with E-state index in [0.717, 1.165) is 11.8 Å². The molecule has 0 bridgehead atoms. The van der Waals surface area contributed by atoms with Crippen molar-refractivity contribution in [1.29, 1.82) is 0 Å². The molecule has 0 atom stereocenters. The summed E-state index contributed by atoms with van der Waals surface area (Å²) in [5, 5.41) is 3.53. The first-order valence-electron chi connectivity index (χ1n) is 9.31. The van der Waals surface area contributed by atoms with Gasteiger partial charge in [0, 0.05) is 11.8 Å². The average Bonchev–Trinajstić information content (AvgIpc) is 3.16. The molecule has 0 aliphatic heterocycles. The Labute approximate surface area is 186 Å². The molecule has 2 aromatic heterocycles. The van der Waals surface area contributed by atoms with Crippen LogP contribution in [0.2, 0.25) is 0 Å². The maximum atomic E-state index is 13.7. The van der Waals surface area contributed by atoms with E-state index in [0.29, 0.717) is 34.2 Å². The molecule has 172 valence electrons. The lowest BCUT2D eigenvalue weighted by molar-refractivity contribution is -0.141. The van der Waals surface area contributed by atoms with Crippen LogP contribution in [0, 0.1) is 6.92 Å². The van der Waals surface area contributed by atoms with Crippen LogP contribution in [0.4, 0.5) is 26.3 Å². The Hall–Kier alpha value is -3.28. The Balaban J connectivity index is 1.99. The summed E-state index contributed by atoms with van der Waals surface area (Å²) in [7, 11) is 0. The van der Waals surface area contributed by atoms with E-state index in [9.17, 15) is 31.1 Å². The van der Waals surface area contributed by atoms with Crippen molar-refractivity contribution in [3.63, 3.8) is 0 Å². The summed E-state index contributed by atoms with van der Waals surface area (Å²) >= 11 is 0.851. The molecule has 0 saturated carbocycles. The summed E-state index contributed by atoms with van der Waals surface area (Å²) in [6.07, 6.45) is -9.94. The van der Waals surface area contributed by atoms with E-state index in [1.165, 1.54) is 18.2 Å². The predicted octanol–water partition coefficient (Wildman–Crippen LogP) is 6.01. The molecule has 0 aliphatic carbocycles. The van der Waals surface area contributed by atoms with Crippen molar-refractivity contribution in [2.24, 2.45) is 0 Å². The topological polar surface area (TPSA) is 60.9 Å². The van der Waals surface area contributed by atoms with Gasteiger partial charge in [-0.15, -0.1) is 0 Å². The van der Waals surface area contributed by atoms with Crippen LogP contribution in [-0.4, -0.2) is 14.7 Å². The molecule has 4 aromatic rings. The van der Waals surface area contributed by atoms with Gasteiger partial charge in [-0.1, -0.05) is 29.1 Å². The van der Waals surface area contributed by atoms with Crippen molar-refractivity contribution >= 4 is 22.7 Å². The molecular weight excluding hydrogens is 472 g/mol. The Morgan fingerprint density at radius 3 is 2.36 bits per heavy atom. The molecule has 0 fully saturated rings. The summed E-state index contributed by atoms with van der Waals surface area (Å²) < 4.78 is 86.7. The van der Waals surface area contributed by atoms with Gasteiger partial charge in [0.1, 0.15) is 5.76 Å². The highest BCUT2D eigenvalue weighted by Crippen LogP contribution is 2.39. The molecule has 0 saturated heterocycles. The van der Waals surface area contributed by atoms with Crippen molar-refractivity contribution in [3.05, 3.63) is 81.5 Å². The minimum absolute atomic E-state index is 0.0373. The zero-order valence-electron chi connectivity index (χ0n) is 16.7. The third kappa shape index (κ3) is 4.61. The second kappa shape index (κ2) is 8.25. The van der Waals surface area contributed by atoms with E-state index in [2.05, 4.69) is 10.1 Å². The molecule has 0 aliphatic rings. The van der Waals surface area contributed by atoms with E-state index in [1.54, 1.807) is 19.1 Å². The number of nitrogens with zero attached hydrogens (tertiary/aromatic N) is 3. The first-order chi connectivity index (χ1) is 15.4. The summed E-state index contributed by atoms with van der Waals surface area (Å²) in [5.41, 5.74) is -3.99. The van der Waals surface area contributed by atoms with Gasteiger partial charge in [0.05, 0.1) is 33.4 Å². The van der Waals surface area contributed by atoms with E-state index < -0.39 is 34.7 Å². The Kier molecular flexibility index (Phi) is 5.72. The number of benzene rings is 2. The van der Waals surface area contributed by atoms with Gasteiger partial charge in [0.15, 0.2) is 5.16 Å². The zero-order valence-corrected chi connectivity index (χ0v) is 17.5. The maximum absolute atomic E-state index is 13.7. The average molecular weight is 485 g/mol. The SMILES string of the molecule is Cc1cc(CSc2nc3ccccc3c(=O)n2-c2cc(C(F)(F)F)ccc2C(F)(F)F)no1. The molecule has 0 radical (unpaired) electrons. The van der Waals surface area contributed by atoms with Crippen LogP contribution in [0.5, 0.6) is 0 Å². The molecule has 0 amide bonds. The highest BCUT2D eigenvalue weighted by molar-refractivity contribution is 7.98. The fourth-order valence-electron chi connectivity index (χ4n) is 3.18. The highest BCUT2D eigenvalue weighted by atomic mass is 32.2. The largest absolute Gasteiger partial charge is 0.418 e. The minimum Gasteiger partial charge on any atom is -0.361 e. The number of aromatic nitrogens is 3. The van der Waals surface area contributed by atoms with Gasteiger partial charge in [0.2, 0.25) is 0 Å². The number of hydrogen-bond donors (Lipinski definition) is 0. The van der Waals surface area contributed by atoms with Crippen molar-refractivity contribution < 1.29 is 30.9 Å². The van der Waals surface area contributed by atoms with Crippen molar-refractivity contribution in [3.8, 4) is 5.69 Å². The van der Waals surface area contributed by atoms with E-state index in [4.69, 9.17) is 4.52 Å². The number of thioether (sulfide) groups is 1. The Morgan fingerprint density at radius 1 is 1.00 bits per heavy atom. The molecule has 0 N–H and O–H groups in total. The van der Waals surface area contributed by atoms with Crippen LogP contribution in [0.25, 0.3) is 16.6 Å². The van der Waals surface area contributed by atoms with E-state index in [-0.39, 0.29) is 21.8 Å². The fourth-order valence-corrected chi connectivity index (χ4v) is 4.07. The number of alkyl halides is 6. The zero-order chi connectivity index (χ0) is 24.0. The molecular formula is C21H13F6N3O2S. The molecule has 12 heteroatoms. The van der Waals surface area contributed by atoms with Gasteiger partial charge in [-0.25, -0.2) is 4.98 Å². The molecule has 4 rings (SSSR count). The number of para-hydroxylation sites is 1. The summed E-state index contributed by atoms with van der Waals surface area (Å²) in [4.78, 5) is 17.5. The van der Waals surface area contributed by atoms with Crippen LogP contribution in [0.15, 0.2) is 63.0 Å². The van der Waals surface area contributed by atoms with Crippen LogP contribution >= 0.6 is 11.8 Å². The number of halogens is 6. The number of hydrogen-bond acceptors (Lipinski definition) is 5. The third-order valence-electron chi connectivity index (χ3n) is 4.64. The molecule has 0 unspecified atom stereocenters. The summed E-state index contributed by atoms with van der Waals surface area (Å²) in [5.74, 6) is 0.550. The van der Waals surface area contributed by atoms with Gasteiger partial charge in [0.25, 0.3) is 5.56 Å². The van der Waals surface area contributed by atoms with Crippen LogP contribution < -0.4 is 5.56 Å². The normalized spacial score (nSPS) is 12.5. The van der Waals surface area contributed by atoms with Gasteiger partial charge in [-0.2, -0.15) is 26.3 Å². The first-order valence-corrected chi connectivity index (χ1v) is 10.3. The quantitative estimate of drug-likeness (QED) is 0.201. The number of rotatable bonds is 4. The van der Waals surface area contributed by atoms with Gasteiger partial charge in [-0.3, -0.25) is 9.36 Å². The fraction of sp³-hybridized carbons (Fsp3) is 0.190. The molecule has 5 nitrogen and oxygen atoms in total.